The average molecular weight is 299 g/mol. The van der Waals surface area contributed by atoms with Crippen LogP contribution in [0.4, 0.5) is 5.69 Å². The van der Waals surface area contributed by atoms with Gasteiger partial charge in [0.25, 0.3) is 0 Å². The summed E-state index contributed by atoms with van der Waals surface area (Å²) in [5.74, 6) is 0.667. The van der Waals surface area contributed by atoms with Crippen LogP contribution < -0.4 is 15.4 Å². The molecule has 0 bridgehead atoms. The first-order chi connectivity index (χ1) is 10.6. The highest BCUT2D eigenvalue weighted by atomic mass is 16.5. The summed E-state index contributed by atoms with van der Waals surface area (Å²) in [4.78, 5) is 15.9. The summed E-state index contributed by atoms with van der Waals surface area (Å²) in [6, 6.07) is 11.4. The van der Waals surface area contributed by atoms with E-state index in [0.717, 1.165) is 17.0 Å². The molecule has 0 fully saturated rings. The monoisotopic (exact) mass is 299 g/mol. The molecule has 2 N–H and O–H groups in total. The molecule has 1 aromatic heterocycles. The molecule has 0 spiro atoms. The minimum atomic E-state index is -0.0804. The first-order valence-corrected chi connectivity index (χ1v) is 7.30. The highest BCUT2D eigenvalue weighted by Crippen LogP contribution is 2.24. The van der Waals surface area contributed by atoms with Gasteiger partial charge in [-0.25, -0.2) is 0 Å². The zero-order valence-corrected chi connectivity index (χ0v) is 12.9. The van der Waals surface area contributed by atoms with Crippen LogP contribution in [-0.2, 0) is 11.3 Å². The van der Waals surface area contributed by atoms with Gasteiger partial charge in [0, 0.05) is 18.9 Å². The Labute approximate surface area is 130 Å². The van der Waals surface area contributed by atoms with Crippen LogP contribution in [0.3, 0.4) is 0 Å². The van der Waals surface area contributed by atoms with Crippen LogP contribution >= 0.6 is 0 Å². The van der Waals surface area contributed by atoms with E-state index in [1.54, 1.807) is 12.4 Å². The van der Waals surface area contributed by atoms with Crippen molar-refractivity contribution >= 4 is 11.6 Å². The van der Waals surface area contributed by atoms with Crippen molar-refractivity contribution in [2.45, 2.75) is 26.5 Å². The number of ether oxygens (including phenoxy) is 1. The fraction of sp³-hybridized carbons (Fsp3) is 0.294. The van der Waals surface area contributed by atoms with Crippen molar-refractivity contribution in [3.05, 3.63) is 54.4 Å². The number of aromatic nitrogens is 1. The number of pyridine rings is 1. The first kappa shape index (κ1) is 15.8. The molecule has 0 radical (unpaired) electrons. The number of benzene rings is 1. The minimum Gasteiger partial charge on any atom is -0.489 e. The topological polar surface area (TPSA) is 63.2 Å². The molecular weight excluding hydrogens is 278 g/mol. The van der Waals surface area contributed by atoms with E-state index >= 15 is 0 Å². The number of para-hydroxylation sites is 2. The van der Waals surface area contributed by atoms with Crippen LogP contribution in [0.25, 0.3) is 0 Å². The molecule has 5 heteroatoms. The maximum absolute atomic E-state index is 11.9. The van der Waals surface area contributed by atoms with Gasteiger partial charge >= 0.3 is 0 Å². The molecule has 0 saturated carbocycles. The number of anilines is 1. The predicted molar refractivity (Wildman–Crippen MR) is 86.8 cm³/mol. The van der Waals surface area contributed by atoms with E-state index in [4.69, 9.17) is 4.74 Å². The van der Waals surface area contributed by atoms with Crippen molar-refractivity contribution in [2.75, 3.05) is 11.9 Å². The van der Waals surface area contributed by atoms with Crippen molar-refractivity contribution < 1.29 is 9.53 Å². The Balaban J connectivity index is 1.83. The molecule has 1 amide bonds. The summed E-state index contributed by atoms with van der Waals surface area (Å²) < 4.78 is 5.70. The summed E-state index contributed by atoms with van der Waals surface area (Å²) in [6.45, 7) is 4.60. The molecule has 0 aliphatic carbocycles. The number of nitrogens with zero attached hydrogens (tertiary/aromatic N) is 1. The second kappa shape index (κ2) is 8.02. The highest BCUT2D eigenvalue weighted by molar-refractivity contribution is 5.81. The average Bonchev–Trinajstić information content (AvgIpc) is 2.52. The summed E-state index contributed by atoms with van der Waals surface area (Å²) >= 11 is 0. The molecule has 1 aromatic carbocycles. The largest absolute Gasteiger partial charge is 0.489 e. The molecule has 0 atom stereocenters. The van der Waals surface area contributed by atoms with Gasteiger partial charge in [0.1, 0.15) is 5.75 Å². The molecule has 2 aromatic rings. The zero-order chi connectivity index (χ0) is 15.8. The van der Waals surface area contributed by atoms with Gasteiger partial charge in [-0.3, -0.25) is 9.78 Å². The van der Waals surface area contributed by atoms with Gasteiger partial charge in [0.05, 0.1) is 18.3 Å². The molecule has 0 unspecified atom stereocenters. The maximum atomic E-state index is 11.9. The van der Waals surface area contributed by atoms with Crippen molar-refractivity contribution in [1.29, 1.82) is 0 Å². The lowest BCUT2D eigenvalue weighted by molar-refractivity contribution is -0.119. The second-order valence-corrected chi connectivity index (χ2v) is 5.15. The van der Waals surface area contributed by atoms with E-state index in [1.807, 2.05) is 50.2 Å². The lowest BCUT2D eigenvalue weighted by Crippen LogP contribution is -2.29. The third kappa shape index (κ3) is 5.09. The summed E-state index contributed by atoms with van der Waals surface area (Å²) in [7, 11) is 0. The third-order valence-electron chi connectivity index (χ3n) is 2.90. The predicted octanol–water partition coefficient (Wildman–Crippen LogP) is 2.60. The number of nitrogens with one attached hydrogen (secondary N) is 2. The molecule has 0 saturated heterocycles. The smallest absolute Gasteiger partial charge is 0.239 e. The number of carbonyl (C=O) groups is 1. The Morgan fingerprint density at radius 2 is 2.05 bits per heavy atom. The molecule has 0 aliphatic heterocycles. The number of hydrogen-bond donors (Lipinski definition) is 2. The van der Waals surface area contributed by atoms with E-state index in [1.165, 1.54) is 0 Å². The van der Waals surface area contributed by atoms with E-state index in [0.29, 0.717) is 6.54 Å². The highest BCUT2D eigenvalue weighted by Gasteiger charge is 2.07. The molecular formula is C17H21N3O2. The van der Waals surface area contributed by atoms with E-state index in [2.05, 4.69) is 15.6 Å². The fourth-order valence-corrected chi connectivity index (χ4v) is 1.91. The lowest BCUT2D eigenvalue weighted by Gasteiger charge is -2.15. The maximum Gasteiger partial charge on any atom is 0.239 e. The Bertz CT molecular complexity index is 600. The van der Waals surface area contributed by atoms with Crippen LogP contribution in [0.1, 0.15) is 19.4 Å². The van der Waals surface area contributed by atoms with Gasteiger partial charge in [-0.05, 0) is 37.6 Å². The van der Waals surface area contributed by atoms with Crippen LogP contribution in [0, 0.1) is 0 Å². The van der Waals surface area contributed by atoms with Crippen LogP contribution in [0.5, 0.6) is 5.75 Å². The molecule has 0 aliphatic rings. The summed E-state index contributed by atoms with van der Waals surface area (Å²) in [5.41, 5.74) is 1.78. The molecule has 22 heavy (non-hydrogen) atoms. The van der Waals surface area contributed by atoms with Gasteiger partial charge in [0.15, 0.2) is 0 Å². The van der Waals surface area contributed by atoms with Crippen molar-refractivity contribution in [3.63, 3.8) is 0 Å². The normalized spacial score (nSPS) is 10.3. The SMILES string of the molecule is CC(C)Oc1ccccc1NCC(=O)NCc1cccnc1. The summed E-state index contributed by atoms with van der Waals surface area (Å²) in [6.07, 6.45) is 3.53. The van der Waals surface area contributed by atoms with Gasteiger partial charge < -0.3 is 15.4 Å². The Hall–Kier alpha value is -2.56. The van der Waals surface area contributed by atoms with Gasteiger partial charge in [-0.1, -0.05) is 18.2 Å². The zero-order valence-electron chi connectivity index (χ0n) is 12.9. The van der Waals surface area contributed by atoms with Gasteiger partial charge in [-0.15, -0.1) is 0 Å². The third-order valence-corrected chi connectivity index (χ3v) is 2.90. The van der Waals surface area contributed by atoms with Crippen molar-refractivity contribution in [2.24, 2.45) is 0 Å². The number of rotatable bonds is 7. The van der Waals surface area contributed by atoms with Gasteiger partial charge in [-0.2, -0.15) is 0 Å². The van der Waals surface area contributed by atoms with Crippen LogP contribution in [0.15, 0.2) is 48.8 Å². The Morgan fingerprint density at radius 3 is 2.77 bits per heavy atom. The van der Waals surface area contributed by atoms with Crippen molar-refractivity contribution in [1.82, 2.24) is 10.3 Å². The first-order valence-electron chi connectivity index (χ1n) is 7.30. The molecule has 116 valence electrons. The van der Waals surface area contributed by atoms with Crippen molar-refractivity contribution in [3.8, 4) is 5.75 Å². The standard InChI is InChI=1S/C17H21N3O2/c1-13(2)22-16-8-4-3-7-15(16)19-12-17(21)20-11-14-6-5-9-18-10-14/h3-10,13,19H,11-12H2,1-2H3,(H,20,21). The minimum absolute atomic E-state index is 0.0804. The number of carbonyl (C=O) groups excluding carboxylic acids is 1. The molecule has 1 heterocycles. The van der Waals surface area contributed by atoms with E-state index in [9.17, 15) is 4.79 Å². The lowest BCUT2D eigenvalue weighted by atomic mass is 10.2. The molecule has 2 rings (SSSR count). The van der Waals surface area contributed by atoms with Gasteiger partial charge in [0.2, 0.25) is 5.91 Å². The fourth-order valence-electron chi connectivity index (χ4n) is 1.91. The number of hydrogen-bond acceptors (Lipinski definition) is 4. The number of amides is 1. The Kier molecular flexibility index (Phi) is 5.77. The van der Waals surface area contributed by atoms with Crippen LogP contribution in [0.2, 0.25) is 0 Å². The Morgan fingerprint density at radius 1 is 1.23 bits per heavy atom. The second-order valence-electron chi connectivity index (χ2n) is 5.15. The quantitative estimate of drug-likeness (QED) is 0.825. The summed E-state index contributed by atoms with van der Waals surface area (Å²) in [5, 5.41) is 5.95. The van der Waals surface area contributed by atoms with E-state index < -0.39 is 0 Å². The van der Waals surface area contributed by atoms with Crippen LogP contribution in [-0.4, -0.2) is 23.5 Å². The van der Waals surface area contributed by atoms with E-state index in [-0.39, 0.29) is 18.6 Å². The molecule has 5 nitrogen and oxygen atoms in total.